The minimum absolute atomic E-state index is 0.0418. The standard InChI is InChI=1S/C27H29N3O2S/c1-17-9-7-10-18(2)23(17)25(28)24(20-11-5-4-6-12-20)26(29)32-16-19(3)30-27(31)21-13-8-14-22(33)15-21/h4-15,19,29,33H,16,28H2,1-3H3,(H,30,31)/b25-24-,29-26?/t19-/m1/s1. The maximum atomic E-state index is 12.5. The molecule has 0 aromatic heterocycles. The van der Waals surface area contributed by atoms with E-state index in [1.807, 2.05) is 75.4 Å². The minimum Gasteiger partial charge on any atom is -0.475 e. The highest BCUT2D eigenvalue weighted by Crippen LogP contribution is 2.28. The number of nitrogens with one attached hydrogen (secondary N) is 2. The van der Waals surface area contributed by atoms with Gasteiger partial charge in [0, 0.05) is 16.0 Å². The van der Waals surface area contributed by atoms with Crippen molar-refractivity contribution in [3.05, 3.63) is 101 Å². The van der Waals surface area contributed by atoms with Crippen LogP contribution >= 0.6 is 12.6 Å². The zero-order valence-corrected chi connectivity index (χ0v) is 19.9. The zero-order valence-electron chi connectivity index (χ0n) is 19.1. The number of ether oxygens (including phenoxy) is 1. The highest BCUT2D eigenvalue weighted by molar-refractivity contribution is 7.80. The second-order valence-electron chi connectivity index (χ2n) is 7.99. The highest BCUT2D eigenvalue weighted by Gasteiger charge is 2.19. The maximum Gasteiger partial charge on any atom is 0.251 e. The third-order valence-electron chi connectivity index (χ3n) is 5.27. The molecule has 3 rings (SSSR count). The maximum absolute atomic E-state index is 12.5. The van der Waals surface area contributed by atoms with Gasteiger partial charge in [-0.1, -0.05) is 54.6 Å². The Morgan fingerprint density at radius 1 is 1.00 bits per heavy atom. The lowest BCUT2D eigenvalue weighted by molar-refractivity contribution is 0.0924. The molecule has 6 heteroatoms. The third-order valence-corrected chi connectivity index (χ3v) is 5.55. The quantitative estimate of drug-likeness (QED) is 0.169. The van der Waals surface area contributed by atoms with Crippen LogP contribution < -0.4 is 11.1 Å². The highest BCUT2D eigenvalue weighted by atomic mass is 32.1. The molecule has 0 bridgehead atoms. The number of nitrogens with two attached hydrogens (primary N) is 1. The van der Waals surface area contributed by atoms with Crippen LogP contribution in [-0.2, 0) is 4.74 Å². The van der Waals surface area contributed by atoms with Crippen LogP contribution in [0.2, 0.25) is 0 Å². The molecule has 3 aromatic rings. The molecule has 1 amide bonds. The molecule has 170 valence electrons. The van der Waals surface area contributed by atoms with Gasteiger partial charge in [0.15, 0.2) is 0 Å². The number of carbonyl (C=O) groups excluding carboxylic acids is 1. The predicted octanol–water partition coefficient (Wildman–Crippen LogP) is 5.23. The monoisotopic (exact) mass is 459 g/mol. The van der Waals surface area contributed by atoms with E-state index in [1.54, 1.807) is 18.2 Å². The number of hydrogen-bond donors (Lipinski definition) is 4. The Labute approximate surface area is 200 Å². The Hall–Kier alpha value is -3.51. The lowest BCUT2D eigenvalue weighted by Crippen LogP contribution is -2.36. The molecule has 0 aliphatic heterocycles. The molecule has 0 radical (unpaired) electrons. The van der Waals surface area contributed by atoms with Crippen LogP contribution in [0, 0.1) is 19.3 Å². The number of thiol groups is 1. The van der Waals surface area contributed by atoms with E-state index in [-0.39, 0.29) is 24.5 Å². The van der Waals surface area contributed by atoms with Crippen molar-refractivity contribution in [3.8, 4) is 0 Å². The molecule has 0 aliphatic carbocycles. The van der Waals surface area contributed by atoms with E-state index in [0.29, 0.717) is 21.7 Å². The summed E-state index contributed by atoms with van der Waals surface area (Å²) in [4.78, 5) is 13.2. The largest absolute Gasteiger partial charge is 0.475 e. The first kappa shape index (κ1) is 24.1. The summed E-state index contributed by atoms with van der Waals surface area (Å²) in [5.74, 6) is -0.262. The lowest BCUT2D eigenvalue weighted by Gasteiger charge is -2.20. The van der Waals surface area contributed by atoms with Gasteiger partial charge in [-0.2, -0.15) is 0 Å². The van der Waals surface area contributed by atoms with Crippen molar-refractivity contribution in [3.63, 3.8) is 0 Å². The van der Waals surface area contributed by atoms with Gasteiger partial charge in [0.2, 0.25) is 5.90 Å². The van der Waals surface area contributed by atoms with Gasteiger partial charge in [-0.15, -0.1) is 12.6 Å². The van der Waals surface area contributed by atoms with Gasteiger partial charge in [-0.05, 0) is 55.7 Å². The average Bonchev–Trinajstić information content (AvgIpc) is 2.78. The first-order valence-electron chi connectivity index (χ1n) is 10.7. The van der Waals surface area contributed by atoms with E-state index < -0.39 is 0 Å². The molecule has 0 saturated heterocycles. The minimum atomic E-state index is -0.320. The second kappa shape index (κ2) is 10.9. The van der Waals surface area contributed by atoms with E-state index in [4.69, 9.17) is 15.9 Å². The number of carbonyl (C=O) groups is 1. The van der Waals surface area contributed by atoms with Crippen molar-refractivity contribution in [1.29, 1.82) is 5.41 Å². The molecule has 0 saturated carbocycles. The summed E-state index contributed by atoms with van der Waals surface area (Å²) in [6.07, 6.45) is 0. The van der Waals surface area contributed by atoms with Crippen LogP contribution in [0.15, 0.2) is 77.7 Å². The van der Waals surface area contributed by atoms with Crippen LogP contribution in [0.25, 0.3) is 11.3 Å². The summed E-state index contributed by atoms with van der Waals surface area (Å²) in [6, 6.07) is 22.2. The topological polar surface area (TPSA) is 88.2 Å². The van der Waals surface area contributed by atoms with Gasteiger partial charge in [-0.25, -0.2) is 0 Å². The fraction of sp³-hybridized carbons (Fsp3) is 0.185. The molecule has 0 unspecified atom stereocenters. The molecule has 0 aliphatic rings. The Morgan fingerprint density at radius 2 is 1.61 bits per heavy atom. The predicted molar refractivity (Wildman–Crippen MR) is 138 cm³/mol. The van der Waals surface area contributed by atoms with Crippen molar-refractivity contribution >= 4 is 35.7 Å². The molecule has 5 nitrogen and oxygen atoms in total. The molecule has 33 heavy (non-hydrogen) atoms. The molecule has 1 atom stereocenters. The number of hydrogen-bond acceptors (Lipinski definition) is 5. The zero-order chi connectivity index (χ0) is 24.0. The summed E-state index contributed by atoms with van der Waals surface area (Å²) < 4.78 is 5.82. The van der Waals surface area contributed by atoms with Gasteiger partial charge in [0.05, 0.1) is 17.3 Å². The van der Waals surface area contributed by atoms with E-state index in [1.165, 1.54) is 0 Å². The SMILES string of the molecule is Cc1cccc(C)c1/C(N)=C(/C(=N)OC[C@@H](C)NC(=O)c1cccc(S)c1)c1ccccc1. The summed E-state index contributed by atoms with van der Waals surface area (Å²) in [5.41, 5.74) is 11.9. The number of amides is 1. The van der Waals surface area contributed by atoms with Crippen LogP contribution in [0.3, 0.4) is 0 Å². The summed E-state index contributed by atoms with van der Waals surface area (Å²) in [5, 5.41) is 11.6. The normalized spacial score (nSPS) is 12.5. The van der Waals surface area contributed by atoms with Gasteiger partial charge in [0.25, 0.3) is 5.91 Å². The smallest absolute Gasteiger partial charge is 0.251 e. The Morgan fingerprint density at radius 3 is 2.24 bits per heavy atom. The van der Waals surface area contributed by atoms with Crippen LogP contribution in [0.1, 0.15) is 39.5 Å². The van der Waals surface area contributed by atoms with Crippen molar-refractivity contribution in [1.82, 2.24) is 5.32 Å². The first-order valence-corrected chi connectivity index (χ1v) is 11.2. The second-order valence-corrected chi connectivity index (χ2v) is 8.50. The fourth-order valence-electron chi connectivity index (χ4n) is 3.65. The number of rotatable bonds is 7. The molecule has 0 spiro atoms. The molecule has 0 heterocycles. The molecule has 4 N–H and O–H groups in total. The van der Waals surface area contributed by atoms with E-state index in [9.17, 15) is 4.79 Å². The first-order chi connectivity index (χ1) is 15.8. The third kappa shape index (κ3) is 6.05. The Bertz CT molecular complexity index is 1170. The average molecular weight is 460 g/mol. The van der Waals surface area contributed by atoms with Crippen molar-refractivity contribution in [2.45, 2.75) is 31.7 Å². The van der Waals surface area contributed by atoms with Crippen LogP contribution in [0.5, 0.6) is 0 Å². The van der Waals surface area contributed by atoms with Gasteiger partial charge in [0.1, 0.15) is 6.61 Å². The fourth-order valence-corrected chi connectivity index (χ4v) is 3.88. The Balaban J connectivity index is 1.81. The van der Waals surface area contributed by atoms with Crippen molar-refractivity contribution in [2.24, 2.45) is 5.73 Å². The number of aryl methyl sites for hydroxylation is 2. The lowest BCUT2D eigenvalue weighted by atomic mass is 9.94. The number of benzene rings is 3. The van der Waals surface area contributed by atoms with Gasteiger partial charge < -0.3 is 15.8 Å². The van der Waals surface area contributed by atoms with Crippen LogP contribution in [0.4, 0.5) is 0 Å². The van der Waals surface area contributed by atoms with Crippen LogP contribution in [-0.4, -0.2) is 24.5 Å². The summed E-state index contributed by atoms with van der Waals surface area (Å²) >= 11 is 4.28. The van der Waals surface area contributed by atoms with Gasteiger partial charge >= 0.3 is 0 Å². The van der Waals surface area contributed by atoms with Crippen molar-refractivity contribution in [2.75, 3.05) is 6.61 Å². The molecule has 3 aromatic carbocycles. The summed E-state index contributed by atoms with van der Waals surface area (Å²) in [7, 11) is 0. The van der Waals surface area contributed by atoms with E-state index >= 15 is 0 Å². The van der Waals surface area contributed by atoms with Gasteiger partial charge in [-0.3, -0.25) is 10.2 Å². The molecule has 0 fully saturated rings. The molecular weight excluding hydrogens is 430 g/mol. The molecular formula is C27H29N3O2S. The Kier molecular flexibility index (Phi) is 7.96. The summed E-state index contributed by atoms with van der Waals surface area (Å²) in [6.45, 7) is 5.96. The van der Waals surface area contributed by atoms with Crippen molar-refractivity contribution < 1.29 is 9.53 Å². The van der Waals surface area contributed by atoms with E-state index in [0.717, 1.165) is 22.3 Å². The van der Waals surface area contributed by atoms with E-state index in [2.05, 4.69) is 17.9 Å².